The first-order valence-corrected chi connectivity index (χ1v) is 8.40. The van der Waals surface area contributed by atoms with Gasteiger partial charge >= 0.3 is 6.03 Å². The van der Waals surface area contributed by atoms with E-state index >= 15 is 0 Å². The summed E-state index contributed by atoms with van der Waals surface area (Å²) in [5, 5.41) is 8.32. The van der Waals surface area contributed by atoms with Crippen molar-refractivity contribution in [3.63, 3.8) is 0 Å². The van der Waals surface area contributed by atoms with Crippen molar-refractivity contribution in [2.45, 2.75) is 13.0 Å². The average molecular weight is 367 g/mol. The van der Waals surface area contributed by atoms with E-state index in [-0.39, 0.29) is 5.91 Å². The maximum atomic E-state index is 13.0. The van der Waals surface area contributed by atoms with Crippen molar-refractivity contribution in [1.29, 1.82) is 0 Å². The molecule has 0 aliphatic carbocycles. The van der Waals surface area contributed by atoms with Crippen LogP contribution in [0.1, 0.15) is 18.5 Å². The number of ether oxygens (including phenoxy) is 2. The molecular weight excluding hydrogens is 346 g/mol. The topological polar surface area (TPSA) is 88.7 Å². The van der Waals surface area contributed by atoms with Gasteiger partial charge < -0.3 is 25.4 Å². The van der Waals surface area contributed by atoms with Gasteiger partial charge in [-0.2, -0.15) is 0 Å². The van der Waals surface area contributed by atoms with Gasteiger partial charge in [-0.25, -0.2) is 4.79 Å². The minimum atomic E-state index is -0.687. The predicted molar refractivity (Wildman–Crippen MR) is 102 cm³/mol. The van der Waals surface area contributed by atoms with Crippen LogP contribution in [0.4, 0.5) is 10.5 Å². The second-order valence-electron chi connectivity index (χ2n) is 5.97. The van der Waals surface area contributed by atoms with E-state index in [1.807, 2.05) is 18.2 Å². The van der Waals surface area contributed by atoms with Crippen LogP contribution in [0.2, 0.25) is 0 Å². The Bertz CT molecular complexity index is 893. The number of para-hydroxylation sites is 2. The Balaban J connectivity index is 2.04. The lowest BCUT2D eigenvalue weighted by Crippen LogP contribution is -2.46. The summed E-state index contributed by atoms with van der Waals surface area (Å²) in [6.45, 7) is 1.69. The highest BCUT2D eigenvalue weighted by Crippen LogP contribution is 2.38. The van der Waals surface area contributed by atoms with Crippen LogP contribution in [0.3, 0.4) is 0 Å². The van der Waals surface area contributed by atoms with E-state index in [9.17, 15) is 9.59 Å². The van der Waals surface area contributed by atoms with Gasteiger partial charge in [0.1, 0.15) is 0 Å². The van der Waals surface area contributed by atoms with Crippen LogP contribution >= 0.6 is 0 Å². The highest BCUT2D eigenvalue weighted by molar-refractivity contribution is 6.06. The number of carbonyl (C=O) groups excluding carboxylic acids is 2. The van der Waals surface area contributed by atoms with Gasteiger partial charge in [0, 0.05) is 16.9 Å². The van der Waals surface area contributed by atoms with Gasteiger partial charge in [-0.1, -0.05) is 30.3 Å². The summed E-state index contributed by atoms with van der Waals surface area (Å²) in [6.07, 6.45) is 0. The van der Waals surface area contributed by atoms with Crippen LogP contribution in [0.25, 0.3) is 0 Å². The molecular formula is C20H21N3O4. The molecule has 3 N–H and O–H groups in total. The van der Waals surface area contributed by atoms with E-state index in [2.05, 4.69) is 16.0 Å². The summed E-state index contributed by atoms with van der Waals surface area (Å²) in [6, 6.07) is 13.4. The van der Waals surface area contributed by atoms with Crippen molar-refractivity contribution >= 4 is 17.6 Å². The summed E-state index contributed by atoms with van der Waals surface area (Å²) < 4.78 is 10.8. The number of rotatable bonds is 5. The molecule has 3 amide bonds. The van der Waals surface area contributed by atoms with Crippen molar-refractivity contribution < 1.29 is 19.1 Å². The molecule has 0 saturated heterocycles. The van der Waals surface area contributed by atoms with Crippen molar-refractivity contribution in [1.82, 2.24) is 10.6 Å². The lowest BCUT2D eigenvalue weighted by atomic mass is 9.93. The lowest BCUT2D eigenvalue weighted by Gasteiger charge is -2.30. The van der Waals surface area contributed by atoms with Gasteiger partial charge in [0.2, 0.25) is 0 Å². The molecule has 2 aromatic rings. The molecule has 1 aliphatic rings. The fourth-order valence-electron chi connectivity index (χ4n) is 3.09. The smallest absolute Gasteiger partial charge is 0.319 e. The van der Waals surface area contributed by atoms with Gasteiger partial charge in [-0.3, -0.25) is 4.79 Å². The average Bonchev–Trinajstić information content (AvgIpc) is 2.67. The number of hydrogen-bond acceptors (Lipinski definition) is 4. The number of nitrogens with one attached hydrogen (secondary N) is 3. The Morgan fingerprint density at radius 1 is 1.04 bits per heavy atom. The minimum Gasteiger partial charge on any atom is -0.493 e. The normalized spacial score (nSPS) is 16.3. The first-order chi connectivity index (χ1) is 13.0. The fourth-order valence-corrected chi connectivity index (χ4v) is 3.09. The summed E-state index contributed by atoms with van der Waals surface area (Å²) in [4.78, 5) is 25.1. The SMILES string of the molecule is COc1cccc([C@@H]2NC(=O)NC(C)=C2C(=O)Nc2ccccc2)c1OC. The van der Waals surface area contributed by atoms with Crippen LogP contribution in [0, 0.1) is 0 Å². The summed E-state index contributed by atoms with van der Waals surface area (Å²) >= 11 is 0. The van der Waals surface area contributed by atoms with E-state index in [1.54, 1.807) is 37.3 Å². The van der Waals surface area contributed by atoms with Gasteiger partial charge in [0.15, 0.2) is 11.5 Å². The molecule has 0 radical (unpaired) electrons. The van der Waals surface area contributed by atoms with Gasteiger partial charge in [0.25, 0.3) is 5.91 Å². The zero-order valence-electron chi connectivity index (χ0n) is 15.3. The molecule has 1 atom stereocenters. The van der Waals surface area contributed by atoms with E-state index in [0.29, 0.717) is 34.0 Å². The highest BCUT2D eigenvalue weighted by atomic mass is 16.5. The maximum Gasteiger partial charge on any atom is 0.319 e. The van der Waals surface area contributed by atoms with E-state index in [4.69, 9.17) is 9.47 Å². The molecule has 27 heavy (non-hydrogen) atoms. The summed E-state index contributed by atoms with van der Waals surface area (Å²) in [7, 11) is 3.05. The Morgan fingerprint density at radius 2 is 1.78 bits per heavy atom. The molecule has 0 fully saturated rings. The molecule has 1 aliphatic heterocycles. The zero-order chi connectivity index (χ0) is 19.4. The first kappa shape index (κ1) is 18.3. The number of allylic oxidation sites excluding steroid dienone is 1. The number of anilines is 1. The second-order valence-corrected chi connectivity index (χ2v) is 5.97. The molecule has 1 heterocycles. The van der Waals surface area contributed by atoms with Crippen LogP contribution in [0.5, 0.6) is 11.5 Å². The molecule has 0 spiro atoms. The maximum absolute atomic E-state index is 13.0. The molecule has 0 bridgehead atoms. The van der Waals surface area contributed by atoms with E-state index in [0.717, 1.165) is 0 Å². The second kappa shape index (κ2) is 7.82. The number of carbonyl (C=O) groups is 2. The Labute approximate surface area is 157 Å². The monoisotopic (exact) mass is 367 g/mol. The van der Waals surface area contributed by atoms with Crippen LogP contribution in [-0.4, -0.2) is 26.2 Å². The van der Waals surface area contributed by atoms with Gasteiger partial charge in [0.05, 0.1) is 25.8 Å². The highest BCUT2D eigenvalue weighted by Gasteiger charge is 2.33. The van der Waals surface area contributed by atoms with Crippen LogP contribution in [-0.2, 0) is 4.79 Å². The molecule has 0 aromatic heterocycles. The third-order valence-electron chi connectivity index (χ3n) is 4.29. The van der Waals surface area contributed by atoms with Crippen LogP contribution in [0.15, 0.2) is 59.8 Å². The molecule has 140 valence electrons. The Hall–Kier alpha value is -3.48. The third-order valence-corrected chi connectivity index (χ3v) is 4.29. The molecule has 2 aromatic carbocycles. The van der Waals surface area contributed by atoms with Crippen molar-refractivity contribution in [2.75, 3.05) is 19.5 Å². The van der Waals surface area contributed by atoms with Crippen LogP contribution < -0.4 is 25.4 Å². The van der Waals surface area contributed by atoms with Crippen molar-refractivity contribution in [3.8, 4) is 11.5 Å². The molecule has 0 saturated carbocycles. The largest absolute Gasteiger partial charge is 0.493 e. The quantitative estimate of drug-likeness (QED) is 0.758. The summed E-state index contributed by atoms with van der Waals surface area (Å²) in [5.41, 5.74) is 2.16. The standard InChI is InChI=1S/C20H21N3O4/c1-12-16(19(24)22-13-8-5-4-6-9-13)17(23-20(25)21-12)14-10-7-11-15(26-2)18(14)27-3/h4-11,17H,1-3H3,(H,22,24)(H2,21,23,25)/t17-/m0/s1. The van der Waals surface area contributed by atoms with Crippen molar-refractivity contribution in [3.05, 3.63) is 65.4 Å². The number of amides is 3. The Kier molecular flexibility index (Phi) is 5.30. The lowest BCUT2D eigenvalue weighted by molar-refractivity contribution is -0.113. The Morgan fingerprint density at radius 3 is 2.44 bits per heavy atom. The minimum absolute atomic E-state index is 0.318. The van der Waals surface area contributed by atoms with Gasteiger partial charge in [-0.15, -0.1) is 0 Å². The number of urea groups is 1. The number of hydrogen-bond donors (Lipinski definition) is 3. The van der Waals surface area contributed by atoms with E-state index < -0.39 is 12.1 Å². The predicted octanol–water partition coefficient (Wildman–Crippen LogP) is 2.97. The van der Waals surface area contributed by atoms with Gasteiger partial charge in [-0.05, 0) is 25.1 Å². The molecule has 7 nitrogen and oxygen atoms in total. The van der Waals surface area contributed by atoms with E-state index in [1.165, 1.54) is 14.2 Å². The summed E-state index contributed by atoms with van der Waals surface area (Å²) in [5.74, 6) is 0.661. The van der Waals surface area contributed by atoms with Crippen molar-refractivity contribution in [2.24, 2.45) is 0 Å². The molecule has 3 rings (SSSR count). The third kappa shape index (κ3) is 3.72. The molecule has 0 unspecified atom stereocenters. The number of methoxy groups -OCH3 is 2. The number of benzene rings is 2. The molecule has 7 heteroatoms. The fraction of sp³-hybridized carbons (Fsp3) is 0.200. The first-order valence-electron chi connectivity index (χ1n) is 8.40. The zero-order valence-corrected chi connectivity index (χ0v) is 15.3.